The molecule has 10 nitrogen and oxygen atoms in total. The molecule has 0 unspecified atom stereocenters. The van der Waals surface area contributed by atoms with Gasteiger partial charge in [0.25, 0.3) is 20.2 Å². The number of hydrogen-bond donors (Lipinski definition) is 0. The minimum Gasteiger partial charge on any atom is -0.497 e. The number of hydrogen-bond acceptors (Lipinski definition) is 9. The summed E-state index contributed by atoms with van der Waals surface area (Å²) in [6.07, 6.45) is -0.616. The summed E-state index contributed by atoms with van der Waals surface area (Å²) in [5.41, 5.74) is 1.60. The summed E-state index contributed by atoms with van der Waals surface area (Å²) in [5.74, 6) is 0.655. The Labute approximate surface area is 199 Å². The van der Waals surface area contributed by atoms with Crippen molar-refractivity contribution in [3.8, 4) is 5.75 Å². The average Bonchev–Trinajstić information content (AvgIpc) is 3.18. The van der Waals surface area contributed by atoms with Crippen LogP contribution in [0.15, 0.2) is 53.4 Å². The number of ether oxygens (including phenoxy) is 2. The molecule has 2 atom stereocenters. The van der Waals surface area contributed by atoms with Crippen molar-refractivity contribution >= 4 is 26.3 Å². The summed E-state index contributed by atoms with van der Waals surface area (Å²) < 4.78 is 68.9. The van der Waals surface area contributed by atoms with Crippen LogP contribution in [0.4, 0.5) is 4.79 Å². The summed E-state index contributed by atoms with van der Waals surface area (Å²) in [5, 5.41) is 0. The van der Waals surface area contributed by atoms with Crippen LogP contribution in [0.5, 0.6) is 5.75 Å². The summed E-state index contributed by atoms with van der Waals surface area (Å²) in [6.45, 7) is 1.32. The van der Waals surface area contributed by atoms with Crippen LogP contribution in [0.25, 0.3) is 0 Å². The first-order valence-corrected chi connectivity index (χ1v) is 13.6. The summed E-state index contributed by atoms with van der Waals surface area (Å²) >= 11 is 0. The molecule has 0 aliphatic carbocycles. The number of carbonyl (C=O) groups excluding carboxylic acids is 1. The van der Waals surface area contributed by atoms with E-state index in [1.54, 1.807) is 43.5 Å². The quantitative estimate of drug-likeness (QED) is 0.465. The number of rotatable bonds is 9. The van der Waals surface area contributed by atoms with Crippen LogP contribution in [0.2, 0.25) is 0 Å². The minimum atomic E-state index is -4.08. The van der Waals surface area contributed by atoms with Gasteiger partial charge in [-0.15, -0.1) is 0 Å². The second-order valence-electron chi connectivity index (χ2n) is 7.92. The first-order chi connectivity index (χ1) is 16.0. The zero-order chi connectivity index (χ0) is 24.9. The zero-order valence-corrected chi connectivity index (χ0v) is 20.7. The van der Waals surface area contributed by atoms with E-state index in [-0.39, 0.29) is 31.1 Å². The third kappa shape index (κ3) is 7.16. The second kappa shape index (κ2) is 10.7. The van der Waals surface area contributed by atoms with Gasteiger partial charge in [0, 0.05) is 0 Å². The third-order valence-corrected chi connectivity index (χ3v) is 7.09. The van der Waals surface area contributed by atoms with E-state index in [2.05, 4.69) is 0 Å². The van der Waals surface area contributed by atoms with Gasteiger partial charge in [0.15, 0.2) is 0 Å². The Hall–Kier alpha value is -2.67. The van der Waals surface area contributed by atoms with Gasteiger partial charge in [0.1, 0.15) is 12.4 Å². The van der Waals surface area contributed by atoms with Crippen LogP contribution >= 0.6 is 0 Å². The SMILES string of the molecule is COc1ccc(COC(=O)N2C[C@H](OS(C)(=O)=O)C[C@H]2COS(=O)(=O)c2ccc(C)cc2)cc1. The van der Waals surface area contributed by atoms with Crippen LogP contribution in [0, 0.1) is 6.92 Å². The van der Waals surface area contributed by atoms with Crippen LogP contribution in [-0.2, 0) is 39.9 Å². The minimum absolute atomic E-state index is 0.0198. The maximum atomic E-state index is 12.8. The Morgan fingerprint density at radius 2 is 1.68 bits per heavy atom. The zero-order valence-electron chi connectivity index (χ0n) is 19.0. The van der Waals surface area contributed by atoms with Gasteiger partial charge in [-0.25, -0.2) is 4.79 Å². The fourth-order valence-corrected chi connectivity index (χ4v) is 5.04. The molecule has 1 aliphatic heterocycles. The first kappa shape index (κ1) is 25.9. The van der Waals surface area contributed by atoms with Gasteiger partial charge in [0.05, 0.1) is 43.6 Å². The summed E-state index contributed by atoms with van der Waals surface area (Å²) in [7, 11) is -6.32. The van der Waals surface area contributed by atoms with E-state index in [4.69, 9.17) is 17.8 Å². The number of likely N-dealkylation sites (tertiary alicyclic amines) is 1. The molecule has 3 rings (SSSR count). The molecule has 34 heavy (non-hydrogen) atoms. The van der Waals surface area contributed by atoms with Gasteiger partial charge in [-0.1, -0.05) is 29.8 Å². The van der Waals surface area contributed by atoms with Gasteiger partial charge in [-0.05, 0) is 43.2 Å². The van der Waals surface area contributed by atoms with Crippen molar-refractivity contribution in [2.45, 2.75) is 37.0 Å². The van der Waals surface area contributed by atoms with Crippen LogP contribution in [0.3, 0.4) is 0 Å². The molecule has 1 fully saturated rings. The van der Waals surface area contributed by atoms with Crippen molar-refractivity contribution in [2.24, 2.45) is 0 Å². The molecule has 1 heterocycles. The normalized spacial score (nSPS) is 18.6. The van der Waals surface area contributed by atoms with Crippen molar-refractivity contribution in [1.82, 2.24) is 4.90 Å². The number of amides is 1. The summed E-state index contributed by atoms with van der Waals surface area (Å²) in [4.78, 5) is 14.0. The number of methoxy groups -OCH3 is 1. The third-order valence-electron chi connectivity index (χ3n) is 5.17. The van der Waals surface area contributed by atoms with E-state index in [1.165, 1.54) is 17.0 Å². The van der Waals surface area contributed by atoms with E-state index in [9.17, 15) is 21.6 Å². The highest BCUT2D eigenvalue weighted by Gasteiger charge is 2.39. The van der Waals surface area contributed by atoms with Crippen LogP contribution < -0.4 is 4.74 Å². The Bertz CT molecular complexity index is 1190. The van der Waals surface area contributed by atoms with Crippen LogP contribution in [0.1, 0.15) is 17.5 Å². The molecule has 0 radical (unpaired) electrons. The van der Waals surface area contributed by atoms with E-state index < -0.39 is 38.5 Å². The van der Waals surface area contributed by atoms with Crippen molar-refractivity contribution in [3.63, 3.8) is 0 Å². The predicted molar refractivity (Wildman–Crippen MR) is 122 cm³/mol. The smallest absolute Gasteiger partial charge is 0.410 e. The highest BCUT2D eigenvalue weighted by atomic mass is 32.2. The molecule has 0 bridgehead atoms. The molecule has 12 heteroatoms. The molecule has 0 aromatic heterocycles. The second-order valence-corrected chi connectivity index (χ2v) is 11.1. The Morgan fingerprint density at radius 1 is 1.03 bits per heavy atom. The topological polar surface area (TPSA) is 126 Å². The number of benzene rings is 2. The maximum absolute atomic E-state index is 12.8. The number of aryl methyl sites for hydroxylation is 1. The number of nitrogens with zero attached hydrogens (tertiary/aromatic N) is 1. The van der Waals surface area contributed by atoms with E-state index in [1.807, 2.05) is 6.92 Å². The fraction of sp³-hybridized carbons (Fsp3) is 0.409. The molecule has 2 aromatic rings. The Kier molecular flexibility index (Phi) is 8.18. The molecule has 0 N–H and O–H groups in total. The van der Waals surface area contributed by atoms with Crippen molar-refractivity contribution < 1.29 is 39.5 Å². The highest BCUT2D eigenvalue weighted by Crippen LogP contribution is 2.25. The van der Waals surface area contributed by atoms with Gasteiger partial charge in [-0.2, -0.15) is 16.8 Å². The lowest BCUT2D eigenvalue weighted by atomic mass is 10.2. The van der Waals surface area contributed by atoms with Crippen LogP contribution in [-0.4, -0.2) is 66.5 Å². The van der Waals surface area contributed by atoms with E-state index in [0.29, 0.717) is 11.3 Å². The monoisotopic (exact) mass is 513 g/mol. The number of carbonyl (C=O) groups is 1. The first-order valence-electron chi connectivity index (χ1n) is 10.4. The molecule has 1 aliphatic rings. The lowest BCUT2D eigenvalue weighted by Crippen LogP contribution is -2.39. The fourth-order valence-electron chi connectivity index (χ4n) is 3.46. The molecule has 1 amide bonds. The maximum Gasteiger partial charge on any atom is 0.410 e. The molecule has 2 aromatic carbocycles. The van der Waals surface area contributed by atoms with Gasteiger partial charge in [-0.3, -0.25) is 8.37 Å². The average molecular weight is 514 g/mol. The Balaban J connectivity index is 1.68. The molecular weight excluding hydrogens is 486 g/mol. The standard InChI is InChI=1S/C22H27NO9S2/c1-16-4-10-21(11-5-16)34(27,28)31-15-18-12-20(32-33(3,25)26)13-23(18)22(24)30-14-17-6-8-19(29-2)9-7-17/h4-11,18,20H,12-15H2,1-3H3/t18-,20+/m0/s1. The van der Waals surface area contributed by atoms with E-state index in [0.717, 1.165) is 11.8 Å². The summed E-state index contributed by atoms with van der Waals surface area (Å²) in [6, 6.07) is 12.3. The van der Waals surface area contributed by atoms with Crippen molar-refractivity contribution in [3.05, 3.63) is 59.7 Å². The largest absolute Gasteiger partial charge is 0.497 e. The molecule has 0 spiro atoms. The lowest BCUT2D eigenvalue weighted by molar-refractivity contribution is 0.0810. The van der Waals surface area contributed by atoms with Gasteiger partial charge >= 0.3 is 6.09 Å². The van der Waals surface area contributed by atoms with Crippen molar-refractivity contribution in [2.75, 3.05) is 26.5 Å². The molecular formula is C22H27NO9S2. The van der Waals surface area contributed by atoms with Gasteiger partial charge < -0.3 is 14.4 Å². The lowest BCUT2D eigenvalue weighted by Gasteiger charge is -2.23. The molecule has 186 valence electrons. The Morgan fingerprint density at radius 3 is 2.26 bits per heavy atom. The van der Waals surface area contributed by atoms with E-state index >= 15 is 0 Å². The predicted octanol–water partition coefficient (Wildman–Crippen LogP) is 2.46. The van der Waals surface area contributed by atoms with Crippen molar-refractivity contribution in [1.29, 1.82) is 0 Å². The highest BCUT2D eigenvalue weighted by molar-refractivity contribution is 7.86. The van der Waals surface area contributed by atoms with Gasteiger partial charge in [0.2, 0.25) is 0 Å². The molecule has 0 saturated carbocycles. The molecule has 1 saturated heterocycles.